The second-order valence-electron chi connectivity index (χ2n) is 4.60. The highest BCUT2D eigenvalue weighted by molar-refractivity contribution is 5.95. The molecule has 2 rings (SSSR count). The van der Waals surface area contributed by atoms with Crippen molar-refractivity contribution in [2.24, 2.45) is 0 Å². The van der Waals surface area contributed by atoms with Crippen LogP contribution >= 0.6 is 0 Å². The van der Waals surface area contributed by atoms with Gasteiger partial charge in [0.2, 0.25) is 0 Å². The van der Waals surface area contributed by atoms with Crippen molar-refractivity contribution in [1.82, 2.24) is 14.6 Å². The summed E-state index contributed by atoms with van der Waals surface area (Å²) in [6.45, 7) is 5.16. The Balaban J connectivity index is 2.68. The van der Waals surface area contributed by atoms with E-state index in [1.807, 2.05) is 6.92 Å². The Morgan fingerprint density at radius 3 is 2.67 bits per heavy atom. The van der Waals surface area contributed by atoms with E-state index >= 15 is 0 Å². The lowest BCUT2D eigenvalue weighted by atomic mass is 9.99. The topological polar surface area (TPSA) is 76.7 Å². The summed E-state index contributed by atoms with van der Waals surface area (Å²) in [5, 5.41) is 14.1. The van der Waals surface area contributed by atoms with Gasteiger partial charge < -0.3 is 9.84 Å². The molecule has 0 bridgehead atoms. The minimum atomic E-state index is -1.01. The molecule has 0 saturated heterocycles. The average molecular weight is 249 g/mol. The van der Waals surface area contributed by atoms with Gasteiger partial charge in [-0.05, 0) is 20.8 Å². The van der Waals surface area contributed by atoms with Crippen LogP contribution in [0.4, 0.5) is 0 Å². The average Bonchev–Trinajstić information content (AvgIpc) is 2.71. The number of carbonyl (C=O) groups excluding carboxylic acids is 1. The number of carbonyl (C=O) groups is 1. The zero-order valence-electron chi connectivity index (χ0n) is 10.8. The molecule has 0 aliphatic heterocycles. The predicted molar refractivity (Wildman–Crippen MR) is 64.3 cm³/mol. The Morgan fingerprint density at radius 1 is 1.44 bits per heavy atom. The first-order valence-corrected chi connectivity index (χ1v) is 5.50. The first-order valence-electron chi connectivity index (χ1n) is 5.50. The molecular weight excluding hydrogens is 234 g/mol. The molecule has 0 fully saturated rings. The first-order chi connectivity index (χ1) is 8.36. The van der Waals surface area contributed by atoms with Gasteiger partial charge in [0.1, 0.15) is 5.56 Å². The first kappa shape index (κ1) is 12.5. The van der Waals surface area contributed by atoms with Crippen molar-refractivity contribution in [2.45, 2.75) is 26.4 Å². The van der Waals surface area contributed by atoms with E-state index in [0.717, 1.165) is 5.69 Å². The van der Waals surface area contributed by atoms with Crippen LogP contribution in [0.2, 0.25) is 0 Å². The van der Waals surface area contributed by atoms with Crippen LogP contribution in [0.5, 0.6) is 0 Å². The normalized spacial score (nSPS) is 11.8. The Kier molecular flexibility index (Phi) is 2.82. The van der Waals surface area contributed by atoms with Gasteiger partial charge in [0.05, 0.1) is 18.9 Å². The van der Waals surface area contributed by atoms with Crippen LogP contribution in [0.1, 0.15) is 35.5 Å². The van der Waals surface area contributed by atoms with Gasteiger partial charge >= 0.3 is 5.97 Å². The third kappa shape index (κ3) is 1.84. The molecule has 6 nitrogen and oxygen atoms in total. The molecule has 0 unspecified atom stereocenters. The summed E-state index contributed by atoms with van der Waals surface area (Å²) >= 11 is 0. The standard InChI is InChI=1S/C12H15N3O3/c1-7-9(12(2,3)17)6-13-10-8(11(16)18-4)5-14-15(7)10/h5-6,17H,1-4H3. The van der Waals surface area contributed by atoms with Crippen LogP contribution in [0, 0.1) is 6.92 Å². The highest BCUT2D eigenvalue weighted by Crippen LogP contribution is 2.23. The summed E-state index contributed by atoms with van der Waals surface area (Å²) in [7, 11) is 1.31. The number of aryl methyl sites for hydroxylation is 1. The molecule has 1 N–H and O–H groups in total. The van der Waals surface area contributed by atoms with Crippen molar-refractivity contribution in [1.29, 1.82) is 0 Å². The van der Waals surface area contributed by atoms with Gasteiger partial charge in [-0.1, -0.05) is 0 Å². The highest BCUT2D eigenvalue weighted by Gasteiger charge is 2.23. The zero-order valence-corrected chi connectivity index (χ0v) is 10.8. The third-order valence-corrected chi connectivity index (χ3v) is 2.83. The van der Waals surface area contributed by atoms with E-state index in [2.05, 4.69) is 14.8 Å². The zero-order chi connectivity index (χ0) is 13.5. The number of fused-ring (bicyclic) bond motifs is 1. The molecule has 96 valence electrons. The number of hydrogen-bond acceptors (Lipinski definition) is 5. The molecule has 0 spiro atoms. The van der Waals surface area contributed by atoms with E-state index in [1.165, 1.54) is 17.8 Å². The lowest BCUT2D eigenvalue weighted by Crippen LogP contribution is -2.19. The number of hydrogen-bond donors (Lipinski definition) is 1. The summed E-state index contributed by atoms with van der Waals surface area (Å²) in [6.07, 6.45) is 2.97. The predicted octanol–water partition coefficient (Wildman–Crippen LogP) is 1.05. The molecule has 0 atom stereocenters. The van der Waals surface area contributed by atoms with Gasteiger partial charge in [0, 0.05) is 17.5 Å². The van der Waals surface area contributed by atoms with Gasteiger partial charge in [0.25, 0.3) is 0 Å². The van der Waals surface area contributed by atoms with E-state index in [0.29, 0.717) is 16.8 Å². The number of aromatic nitrogens is 3. The lowest BCUT2D eigenvalue weighted by molar-refractivity contribution is 0.0602. The maximum absolute atomic E-state index is 11.5. The van der Waals surface area contributed by atoms with Crippen molar-refractivity contribution < 1.29 is 14.6 Å². The number of nitrogens with zero attached hydrogens (tertiary/aromatic N) is 3. The van der Waals surface area contributed by atoms with Crippen LogP contribution in [-0.2, 0) is 10.3 Å². The number of esters is 1. The maximum atomic E-state index is 11.5. The van der Waals surface area contributed by atoms with Gasteiger partial charge in [-0.25, -0.2) is 14.3 Å². The Bertz CT molecular complexity index is 611. The Hall–Kier alpha value is -1.95. The van der Waals surface area contributed by atoms with Crippen molar-refractivity contribution in [3.63, 3.8) is 0 Å². The van der Waals surface area contributed by atoms with Crippen LogP contribution in [-0.4, -0.2) is 32.8 Å². The third-order valence-electron chi connectivity index (χ3n) is 2.83. The second-order valence-corrected chi connectivity index (χ2v) is 4.60. The minimum absolute atomic E-state index is 0.308. The number of rotatable bonds is 2. The summed E-state index contributed by atoms with van der Waals surface area (Å²) in [5.74, 6) is -0.479. The lowest BCUT2D eigenvalue weighted by Gasteiger charge is -2.19. The summed E-state index contributed by atoms with van der Waals surface area (Å²) in [6, 6.07) is 0. The molecule has 0 saturated carbocycles. The fourth-order valence-corrected chi connectivity index (χ4v) is 1.90. The van der Waals surface area contributed by atoms with Crippen LogP contribution < -0.4 is 0 Å². The molecular formula is C12H15N3O3. The monoisotopic (exact) mass is 249 g/mol. The molecule has 0 aromatic carbocycles. The van der Waals surface area contributed by atoms with E-state index in [1.54, 1.807) is 20.0 Å². The van der Waals surface area contributed by atoms with E-state index < -0.39 is 11.6 Å². The number of aliphatic hydroxyl groups is 1. The molecule has 6 heteroatoms. The second kappa shape index (κ2) is 4.06. The summed E-state index contributed by atoms with van der Waals surface area (Å²) in [5.41, 5.74) is 1.12. The molecule has 2 aromatic rings. The Morgan fingerprint density at radius 2 is 2.11 bits per heavy atom. The molecule has 18 heavy (non-hydrogen) atoms. The van der Waals surface area contributed by atoms with Crippen LogP contribution in [0.3, 0.4) is 0 Å². The fraction of sp³-hybridized carbons (Fsp3) is 0.417. The van der Waals surface area contributed by atoms with Gasteiger partial charge in [0.15, 0.2) is 5.65 Å². The molecule has 0 amide bonds. The van der Waals surface area contributed by atoms with Crippen LogP contribution in [0.25, 0.3) is 5.65 Å². The molecule has 0 radical (unpaired) electrons. The Labute approximate surface area is 104 Å². The largest absolute Gasteiger partial charge is 0.465 e. The van der Waals surface area contributed by atoms with Gasteiger partial charge in [-0.15, -0.1) is 0 Å². The SMILES string of the molecule is COC(=O)c1cnn2c(C)c(C(C)(C)O)cnc12. The smallest absolute Gasteiger partial charge is 0.343 e. The van der Waals surface area contributed by atoms with Gasteiger partial charge in [-0.3, -0.25) is 0 Å². The van der Waals surface area contributed by atoms with E-state index in [9.17, 15) is 9.90 Å². The van der Waals surface area contributed by atoms with Crippen molar-refractivity contribution in [3.05, 3.63) is 29.2 Å². The molecule has 2 aromatic heterocycles. The van der Waals surface area contributed by atoms with Crippen molar-refractivity contribution >= 4 is 11.6 Å². The maximum Gasteiger partial charge on any atom is 0.343 e. The summed E-state index contributed by atoms with van der Waals surface area (Å²) in [4.78, 5) is 15.7. The van der Waals surface area contributed by atoms with Gasteiger partial charge in [-0.2, -0.15) is 5.10 Å². The van der Waals surface area contributed by atoms with Crippen LogP contribution in [0.15, 0.2) is 12.4 Å². The highest BCUT2D eigenvalue weighted by atomic mass is 16.5. The van der Waals surface area contributed by atoms with Crippen molar-refractivity contribution in [2.75, 3.05) is 7.11 Å². The van der Waals surface area contributed by atoms with Crippen molar-refractivity contribution in [3.8, 4) is 0 Å². The fourth-order valence-electron chi connectivity index (χ4n) is 1.90. The number of methoxy groups -OCH3 is 1. The molecule has 0 aliphatic carbocycles. The summed E-state index contributed by atoms with van der Waals surface area (Å²) < 4.78 is 6.19. The number of ether oxygens (including phenoxy) is 1. The quantitative estimate of drug-likeness (QED) is 0.805. The molecule has 2 heterocycles. The minimum Gasteiger partial charge on any atom is -0.465 e. The van der Waals surface area contributed by atoms with E-state index in [-0.39, 0.29) is 0 Å². The molecule has 0 aliphatic rings. The van der Waals surface area contributed by atoms with E-state index in [4.69, 9.17) is 0 Å².